The Morgan fingerprint density at radius 3 is 2.62 bits per heavy atom. The fraction of sp³-hybridized carbons (Fsp3) is 0.222. The van der Waals surface area contributed by atoms with Gasteiger partial charge in [0, 0.05) is 67.0 Å². The van der Waals surface area contributed by atoms with Crippen LogP contribution >= 0.6 is 0 Å². The summed E-state index contributed by atoms with van der Waals surface area (Å²) in [7, 11) is 0. The smallest absolute Gasteiger partial charge is 0.321 e. The molecule has 2 N–H and O–H groups in total. The van der Waals surface area contributed by atoms with Crippen molar-refractivity contribution in [3.8, 4) is 0 Å². The van der Waals surface area contributed by atoms with Gasteiger partial charge in [0.05, 0.1) is 0 Å². The lowest BCUT2D eigenvalue weighted by Gasteiger charge is -2.36. The number of nitrogens with one attached hydrogen (secondary N) is 2. The quantitative estimate of drug-likeness (QED) is 0.763. The minimum atomic E-state index is -0.0549. The molecule has 0 bridgehead atoms. The third-order valence-electron chi connectivity index (χ3n) is 4.41. The van der Waals surface area contributed by atoms with E-state index in [1.54, 1.807) is 24.5 Å². The number of carbonyl (C=O) groups is 1. The number of carbonyl (C=O) groups excluding carboxylic acids is 1. The van der Waals surface area contributed by atoms with Gasteiger partial charge in [-0.1, -0.05) is 6.07 Å². The molecule has 122 valence electrons. The second-order valence-corrected chi connectivity index (χ2v) is 5.86. The van der Waals surface area contributed by atoms with Crippen molar-refractivity contribution in [2.45, 2.75) is 0 Å². The molecular formula is C18H19N5O. The zero-order chi connectivity index (χ0) is 16.4. The highest BCUT2D eigenvalue weighted by molar-refractivity contribution is 5.93. The van der Waals surface area contributed by atoms with E-state index in [4.69, 9.17) is 0 Å². The molecule has 4 rings (SSSR count). The predicted molar refractivity (Wildman–Crippen MR) is 95.3 cm³/mol. The Bertz CT molecular complexity index is 837. The molecule has 1 aliphatic heterocycles. The first-order valence-corrected chi connectivity index (χ1v) is 8.08. The van der Waals surface area contributed by atoms with Crippen molar-refractivity contribution in [1.29, 1.82) is 0 Å². The number of hydrogen-bond donors (Lipinski definition) is 2. The Labute approximate surface area is 140 Å². The maximum atomic E-state index is 12.4. The van der Waals surface area contributed by atoms with Crippen LogP contribution in [0.4, 0.5) is 16.2 Å². The molecule has 0 atom stereocenters. The van der Waals surface area contributed by atoms with Gasteiger partial charge in [0.2, 0.25) is 0 Å². The molecule has 6 heteroatoms. The Morgan fingerprint density at radius 1 is 1.04 bits per heavy atom. The fourth-order valence-electron chi connectivity index (χ4n) is 3.13. The number of nitrogens with zero attached hydrogens (tertiary/aromatic N) is 3. The molecule has 0 saturated carbocycles. The van der Waals surface area contributed by atoms with E-state index in [2.05, 4.69) is 44.5 Å². The number of anilines is 2. The summed E-state index contributed by atoms with van der Waals surface area (Å²) < 4.78 is 0. The molecule has 2 aromatic heterocycles. The van der Waals surface area contributed by atoms with Crippen LogP contribution in [0, 0.1) is 0 Å². The van der Waals surface area contributed by atoms with Gasteiger partial charge in [-0.25, -0.2) is 4.79 Å². The minimum Gasteiger partial charge on any atom is -0.367 e. The second-order valence-electron chi connectivity index (χ2n) is 5.86. The Kier molecular flexibility index (Phi) is 3.78. The van der Waals surface area contributed by atoms with Crippen LogP contribution in [-0.2, 0) is 0 Å². The van der Waals surface area contributed by atoms with E-state index in [0.717, 1.165) is 24.3 Å². The summed E-state index contributed by atoms with van der Waals surface area (Å²) in [5.74, 6) is 0. The van der Waals surface area contributed by atoms with Gasteiger partial charge in [-0.05, 0) is 30.3 Å². The molecule has 0 unspecified atom stereocenters. The number of aromatic nitrogens is 2. The molecule has 1 aliphatic rings. The van der Waals surface area contributed by atoms with Crippen LogP contribution in [0.2, 0.25) is 0 Å². The number of fused-ring (bicyclic) bond motifs is 1. The topological polar surface area (TPSA) is 64.3 Å². The number of urea groups is 1. The number of rotatable bonds is 2. The fourth-order valence-corrected chi connectivity index (χ4v) is 3.13. The van der Waals surface area contributed by atoms with Crippen molar-refractivity contribution in [2.75, 3.05) is 36.4 Å². The first kappa shape index (κ1) is 14.6. The summed E-state index contributed by atoms with van der Waals surface area (Å²) in [5.41, 5.74) is 3.14. The van der Waals surface area contributed by atoms with E-state index >= 15 is 0 Å². The maximum absolute atomic E-state index is 12.4. The van der Waals surface area contributed by atoms with Crippen molar-refractivity contribution >= 4 is 28.3 Å². The van der Waals surface area contributed by atoms with Crippen molar-refractivity contribution in [1.82, 2.24) is 14.9 Å². The monoisotopic (exact) mass is 321 g/mol. The highest BCUT2D eigenvalue weighted by Gasteiger charge is 2.22. The van der Waals surface area contributed by atoms with Crippen LogP contribution in [0.1, 0.15) is 0 Å². The SMILES string of the molecule is O=C(Nc1ccncc1)N1CCN(c2cccc3[nH]ccc23)CC1. The number of H-pyrrole nitrogens is 1. The third kappa shape index (κ3) is 2.78. The second kappa shape index (κ2) is 6.23. The zero-order valence-electron chi connectivity index (χ0n) is 13.3. The van der Waals surface area contributed by atoms with Gasteiger partial charge in [-0.2, -0.15) is 0 Å². The van der Waals surface area contributed by atoms with E-state index in [-0.39, 0.29) is 6.03 Å². The minimum absolute atomic E-state index is 0.0549. The first-order chi connectivity index (χ1) is 11.8. The van der Waals surface area contributed by atoms with Gasteiger partial charge in [-0.15, -0.1) is 0 Å². The summed E-state index contributed by atoms with van der Waals surface area (Å²) in [6, 6.07) is 11.9. The summed E-state index contributed by atoms with van der Waals surface area (Å²) in [5, 5.41) is 4.14. The number of aromatic amines is 1. The third-order valence-corrected chi connectivity index (χ3v) is 4.41. The average Bonchev–Trinajstić information content (AvgIpc) is 3.11. The van der Waals surface area contributed by atoms with Crippen LogP contribution in [0.15, 0.2) is 55.0 Å². The average molecular weight is 321 g/mol. The maximum Gasteiger partial charge on any atom is 0.321 e. The van der Waals surface area contributed by atoms with Crippen molar-refractivity contribution in [3.05, 3.63) is 55.0 Å². The number of pyridine rings is 1. The lowest BCUT2D eigenvalue weighted by atomic mass is 10.2. The molecule has 1 saturated heterocycles. The molecule has 1 aromatic carbocycles. The molecule has 6 nitrogen and oxygen atoms in total. The summed E-state index contributed by atoms with van der Waals surface area (Å²) in [4.78, 5) is 23.7. The van der Waals surface area contributed by atoms with Gasteiger partial charge >= 0.3 is 6.03 Å². The van der Waals surface area contributed by atoms with Crippen LogP contribution in [-0.4, -0.2) is 47.1 Å². The Hall–Kier alpha value is -3.02. The summed E-state index contributed by atoms with van der Waals surface area (Å²) >= 11 is 0. The molecule has 1 fully saturated rings. The molecule has 3 heterocycles. The van der Waals surface area contributed by atoms with Crippen LogP contribution in [0.3, 0.4) is 0 Å². The first-order valence-electron chi connectivity index (χ1n) is 8.08. The number of benzene rings is 1. The standard InChI is InChI=1S/C18H19N5O/c24-18(21-14-4-7-19-8-5-14)23-12-10-22(11-13-23)17-3-1-2-16-15(17)6-9-20-16/h1-9,20H,10-13H2,(H,19,21,24). The van der Waals surface area contributed by atoms with Gasteiger partial charge < -0.3 is 20.1 Å². The number of piperazine rings is 1. The predicted octanol–water partition coefficient (Wildman–Crippen LogP) is 2.92. The van der Waals surface area contributed by atoms with Gasteiger partial charge in [0.1, 0.15) is 0 Å². The number of amides is 2. The van der Waals surface area contributed by atoms with E-state index in [9.17, 15) is 4.79 Å². The summed E-state index contributed by atoms with van der Waals surface area (Å²) in [6.45, 7) is 3.07. The van der Waals surface area contributed by atoms with E-state index in [1.165, 1.54) is 11.1 Å². The van der Waals surface area contributed by atoms with E-state index < -0.39 is 0 Å². The van der Waals surface area contributed by atoms with Crippen molar-refractivity contribution in [2.24, 2.45) is 0 Å². The highest BCUT2D eigenvalue weighted by atomic mass is 16.2. The Balaban J connectivity index is 1.41. The van der Waals surface area contributed by atoms with Crippen molar-refractivity contribution < 1.29 is 4.79 Å². The van der Waals surface area contributed by atoms with Gasteiger partial charge in [0.25, 0.3) is 0 Å². The van der Waals surface area contributed by atoms with Crippen LogP contribution < -0.4 is 10.2 Å². The van der Waals surface area contributed by atoms with Crippen LogP contribution in [0.5, 0.6) is 0 Å². The van der Waals surface area contributed by atoms with Crippen molar-refractivity contribution in [3.63, 3.8) is 0 Å². The van der Waals surface area contributed by atoms with Gasteiger partial charge in [-0.3, -0.25) is 4.98 Å². The Morgan fingerprint density at radius 2 is 1.83 bits per heavy atom. The van der Waals surface area contributed by atoms with Crippen LogP contribution in [0.25, 0.3) is 10.9 Å². The molecule has 24 heavy (non-hydrogen) atoms. The molecule has 0 radical (unpaired) electrons. The molecule has 0 spiro atoms. The largest absolute Gasteiger partial charge is 0.367 e. The lowest BCUT2D eigenvalue weighted by Crippen LogP contribution is -2.50. The zero-order valence-corrected chi connectivity index (χ0v) is 13.3. The molecule has 0 aliphatic carbocycles. The molecule has 2 amide bonds. The summed E-state index contributed by atoms with van der Waals surface area (Å²) in [6.07, 6.45) is 5.31. The number of hydrogen-bond acceptors (Lipinski definition) is 3. The lowest BCUT2D eigenvalue weighted by molar-refractivity contribution is 0.208. The van der Waals surface area contributed by atoms with Gasteiger partial charge in [0.15, 0.2) is 0 Å². The van der Waals surface area contributed by atoms with E-state index in [1.807, 2.05) is 11.1 Å². The van der Waals surface area contributed by atoms with E-state index in [0.29, 0.717) is 13.1 Å². The molecule has 3 aromatic rings. The highest BCUT2D eigenvalue weighted by Crippen LogP contribution is 2.27. The molecular weight excluding hydrogens is 302 g/mol. The normalized spacial score (nSPS) is 14.8.